The third kappa shape index (κ3) is 15.9. The molecule has 0 fully saturated rings. The molecule has 0 saturated heterocycles. The molecule has 122 valence electrons. The highest BCUT2D eigenvalue weighted by Gasteiger charge is 2.02. The van der Waals surface area contributed by atoms with Crippen LogP contribution in [0.25, 0.3) is 0 Å². The molecule has 20 heavy (non-hydrogen) atoms. The van der Waals surface area contributed by atoms with Gasteiger partial charge in [-0.15, -0.1) is 0 Å². The predicted octanol–water partition coefficient (Wildman–Crippen LogP) is 6.19. The van der Waals surface area contributed by atoms with Crippen LogP contribution in [0.5, 0.6) is 0 Å². The maximum Gasteiger partial charge on any atom is 0.123 e. The molecule has 1 nitrogen and oxygen atoms in total. The highest BCUT2D eigenvalue weighted by molar-refractivity contribution is 4.54. The van der Waals surface area contributed by atoms with Gasteiger partial charge in [-0.05, 0) is 6.42 Å². The fourth-order valence-corrected chi connectivity index (χ4v) is 2.65. The van der Waals surface area contributed by atoms with E-state index in [0.29, 0.717) is 6.42 Å². The molecule has 0 aromatic heterocycles. The summed E-state index contributed by atoms with van der Waals surface area (Å²) in [4.78, 5) is 0. The molecular weight excluding hydrogens is 251 g/mol. The average Bonchev–Trinajstić information content (AvgIpc) is 2.47. The summed E-state index contributed by atoms with van der Waals surface area (Å²) in [5, 5.41) is 8.56. The van der Waals surface area contributed by atoms with Gasteiger partial charge in [-0.1, -0.05) is 96.8 Å². The van der Waals surface area contributed by atoms with Crippen LogP contribution in [0.2, 0.25) is 0 Å². The smallest absolute Gasteiger partial charge is 0.123 e. The minimum Gasteiger partial charge on any atom is -0.393 e. The van der Waals surface area contributed by atoms with Crippen LogP contribution in [0.15, 0.2) is 0 Å². The first-order valence-corrected chi connectivity index (χ1v) is 9.06. The van der Waals surface area contributed by atoms with Crippen molar-refractivity contribution in [1.29, 1.82) is 0 Å². The molecule has 0 saturated carbocycles. The molecule has 1 N–H and O–H groups in total. The van der Waals surface area contributed by atoms with Crippen LogP contribution < -0.4 is 0 Å². The van der Waals surface area contributed by atoms with Crippen molar-refractivity contribution in [1.82, 2.24) is 0 Å². The van der Waals surface area contributed by atoms with Crippen molar-refractivity contribution >= 4 is 0 Å². The van der Waals surface area contributed by atoms with Crippen LogP contribution in [0, 0.1) is 0 Å². The summed E-state index contributed by atoms with van der Waals surface area (Å²) in [6.07, 6.45) is 18.1. The highest BCUT2D eigenvalue weighted by atomic mass is 19.1. The van der Waals surface area contributed by atoms with Gasteiger partial charge in [-0.25, -0.2) is 4.39 Å². The fourth-order valence-electron chi connectivity index (χ4n) is 2.65. The van der Waals surface area contributed by atoms with E-state index in [4.69, 9.17) is 5.11 Å². The van der Waals surface area contributed by atoms with Gasteiger partial charge in [-0.2, -0.15) is 0 Å². The van der Waals surface area contributed by atoms with Gasteiger partial charge in [0, 0.05) is 0 Å². The van der Waals surface area contributed by atoms with E-state index < -0.39 is 6.17 Å². The normalized spacial score (nSPS) is 12.8. The number of unbranched alkanes of at least 4 members (excludes halogenated alkanes) is 13. The van der Waals surface area contributed by atoms with E-state index in [1.54, 1.807) is 0 Å². The van der Waals surface area contributed by atoms with Crippen molar-refractivity contribution in [3.05, 3.63) is 0 Å². The molecule has 0 rings (SSSR count). The quantitative estimate of drug-likeness (QED) is 0.336. The lowest BCUT2D eigenvalue weighted by Gasteiger charge is -2.04. The average molecular weight is 288 g/mol. The number of hydrogen-bond acceptors (Lipinski definition) is 1. The van der Waals surface area contributed by atoms with Gasteiger partial charge >= 0.3 is 0 Å². The largest absolute Gasteiger partial charge is 0.393 e. The SMILES string of the molecule is CCCCCCCCCCCCCCCCC(F)CO. The zero-order chi connectivity index (χ0) is 14.9. The third-order valence-electron chi connectivity index (χ3n) is 4.07. The molecule has 0 aliphatic heterocycles. The lowest BCUT2D eigenvalue weighted by molar-refractivity contribution is 0.167. The van der Waals surface area contributed by atoms with Crippen LogP contribution in [-0.4, -0.2) is 17.9 Å². The second kappa shape index (κ2) is 16.9. The predicted molar refractivity (Wildman–Crippen MR) is 86.9 cm³/mol. The minimum atomic E-state index is -0.993. The minimum absolute atomic E-state index is 0.307. The van der Waals surface area contributed by atoms with Gasteiger partial charge in [0.05, 0.1) is 6.61 Å². The van der Waals surface area contributed by atoms with Gasteiger partial charge in [0.15, 0.2) is 0 Å². The Morgan fingerprint density at radius 2 is 1.00 bits per heavy atom. The fraction of sp³-hybridized carbons (Fsp3) is 1.00. The van der Waals surface area contributed by atoms with Gasteiger partial charge in [0.1, 0.15) is 6.17 Å². The Hall–Kier alpha value is -0.110. The Labute approximate surface area is 126 Å². The summed E-state index contributed by atoms with van der Waals surface area (Å²) in [7, 11) is 0. The van der Waals surface area contributed by atoms with Gasteiger partial charge in [0.2, 0.25) is 0 Å². The van der Waals surface area contributed by atoms with Crippen molar-refractivity contribution < 1.29 is 9.50 Å². The summed E-state index contributed by atoms with van der Waals surface area (Å²) in [5.74, 6) is 0. The Morgan fingerprint density at radius 3 is 1.35 bits per heavy atom. The number of aliphatic hydroxyl groups excluding tert-OH is 1. The van der Waals surface area contributed by atoms with E-state index in [9.17, 15) is 4.39 Å². The molecule has 1 unspecified atom stereocenters. The van der Waals surface area contributed by atoms with Gasteiger partial charge < -0.3 is 5.11 Å². The van der Waals surface area contributed by atoms with E-state index in [1.165, 1.54) is 77.0 Å². The van der Waals surface area contributed by atoms with Crippen LogP contribution in [0.4, 0.5) is 4.39 Å². The molecule has 0 bridgehead atoms. The van der Waals surface area contributed by atoms with Crippen molar-refractivity contribution in [2.45, 2.75) is 109 Å². The molecule has 0 aromatic carbocycles. The van der Waals surface area contributed by atoms with Crippen molar-refractivity contribution in [2.75, 3.05) is 6.61 Å². The topological polar surface area (TPSA) is 20.2 Å². The Kier molecular flexibility index (Phi) is 16.8. The number of alkyl halides is 1. The van der Waals surface area contributed by atoms with Crippen molar-refractivity contribution in [2.24, 2.45) is 0 Å². The third-order valence-corrected chi connectivity index (χ3v) is 4.07. The van der Waals surface area contributed by atoms with Gasteiger partial charge in [0.25, 0.3) is 0 Å². The van der Waals surface area contributed by atoms with E-state index in [0.717, 1.165) is 12.8 Å². The second-order valence-corrected chi connectivity index (χ2v) is 6.16. The lowest BCUT2D eigenvalue weighted by Crippen LogP contribution is -2.04. The number of hydrogen-bond donors (Lipinski definition) is 1. The maximum absolute atomic E-state index is 12.7. The summed E-state index contributed by atoms with van der Waals surface area (Å²) in [5.41, 5.74) is 0. The molecule has 0 aromatic rings. The van der Waals surface area contributed by atoms with Crippen LogP contribution in [-0.2, 0) is 0 Å². The van der Waals surface area contributed by atoms with Crippen LogP contribution in [0.1, 0.15) is 103 Å². The first kappa shape index (κ1) is 19.9. The summed E-state index contributed by atoms with van der Waals surface area (Å²) in [6.45, 7) is 1.96. The number of halogens is 1. The van der Waals surface area contributed by atoms with Crippen molar-refractivity contribution in [3.63, 3.8) is 0 Å². The molecule has 0 radical (unpaired) electrons. The van der Waals surface area contributed by atoms with Crippen molar-refractivity contribution in [3.8, 4) is 0 Å². The molecule has 0 spiro atoms. The molecule has 2 heteroatoms. The van der Waals surface area contributed by atoms with Gasteiger partial charge in [-0.3, -0.25) is 0 Å². The zero-order valence-corrected chi connectivity index (χ0v) is 13.7. The zero-order valence-electron chi connectivity index (χ0n) is 13.7. The lowest BCUT2D eigenvalue weighted by atomic mass is 10.0. The van der Waals surface area contributed by atoms with Crippen LogP contribution >= 0.6 is 0 Å². The van der Waals surface area contributed by atoms with E-state index in [2.05, 4.69) is 6.92 Å². The van der Waals surface area contributed by atoms with E-state index in [-0.39, 0.29) is 6.61 Å². The number of rotatable bonds is 16. The Morgan fingerprint density at radius 1 is 0.650 bits per heavy atom. The monoisotopic (exact) mass is 288 g/mol. The molecule has 0 amide bonds. The summed E-state index contributed by atoms with van der Waals surface area (Å²) >= 11 is 0. The standard InChI is InChI=1S/C18H37FO/c1-2-3-4-5-6-7-8-9-10-11-12-13-14-15-16-18(19)17-20/h18,20H,2-17H2,1H3. The Bertz CT molecular complexity index is 173. The second-order valence-electron chi connectivity index (χ2n) is 6.16. The maximum atomic E-state index is 12.7. The molecule has 0 aliphatic rings. The molecule has 0 heterocycles. The first-order valence-electron chi connectivity index (χ1n) is 9.06. The first-order chi connectivity index (χ1) is 9.81. The molecular formula is C18H37FO. The molecule has 1 atom stereocenters. The Balaban J connectivity index is 2.96. The van der Waals surface area contributed by atoms with Crippen LogP contribution in [0.3, 0.4) is 0 Å². The summed E-state index contributed by atoms with van der Waals surface area (Å²) < 4.78 is 12.7. The highest BCUT2D eigenvalue weighted by Crippen LogP contribution is 2.14. The summed E-state index contributed by atoms with van der Waals surface area (Å²) in [6, 6.07) is 0. The number of aliphatic hydroxyl groups is 1. The van der Waals surface area contributed by atoms with E-state index >= 15 is 0 Å². The van der Waals surface area contributed by atoms with E-state index in [1.807, 2.05) is 0 Å². The molecule has 0 aliphatic carbocycles.